The van der Waals surface area contributed by atoms with E-state index in [9.17, 15) is 4.79 Å². The lowest BCUT2D eigenvalue weighted by molar-refractivity contribution is 0.100. The summed E-state index contributed by atoms with van der Waals surface area (Å²) < 4.78 is 0. The van der Waals surface area contributed by atoms with E-state index in [-0.39, 0.29) is 5.91 Å². The first-order valence-electron chi connectivity index (χ1n) is 6.69. The molecule has 3 heteroatoms. The van der Waals surface area contributed by atoms with Crippen LogP contribution in [-0.2, 0) is 6.54 Å². The molecule has 0 atom stereocenters. The molecule has 0 aromatic heterocycles. The molecule has 0 bridgehead atoms. The first-order valence-corrected chi connectivity index (χ1v) is 6.69. The number of primary amides is 1. The molecule has 100 valence electrons. The van der Waals surface area contributed by atoms with Crippen LogP contribution >= 0.6 is 0 Å². The lowest BCUT2D eigenvalue weighted by Crippen LogP contribution is -2.15. The number of carbonyl (C=O) groups is 1. The molecular weight excluding hydrogens is 224 g/mol. The van der Waals surface area contributed by atoms with Crippen molar-refractivity contribution in [2.45, 2.75) is 39.7 Å². The van der Waals surface area contributed by atoms with Crippen molar-refractivity contribution in [3.8, 4) is 0 Å². The van der Waals surface area contributed by atoms with Gasteiger partial charge in [0.2, 0.25) is 5.91 Å². The average Bonchev–Trinajstić information content (AvgIpc) is 2.34. The highest BCUT2D eigenvalue weighted by Gasteiger charge is 1.99. The van der Waals surface area contributed by atoms with Crippen LogP contribution in [0, 0.1) is 5.92 Å². The molecule has 0 aliphatic rings. The summed E-state index contributed by atoms with van der Waals surface area (Å²) >= 11 is 0. The zero-order valence-electron chi connectivity index (χ0n) is 11.4. The third-order valence-corrected chi connectivity index (χ3v) is 2.95. The van der Waals surface area contributed by atoms with Gasteiger partial charge in [-0.3, -0.25) is 4.79 Å². The summed E-state index contributed by atoms with van der Waals surface area (Å²) in [5.41, 5.74) is 6.94. The van der Waals surface area contributed by atoms with Crippen LogP contribution in [-0.4, -0.2) is 12.5 Å². The highest BCUT2D eigenvalue weighted by molar-refractivity contribution is 5.92. The van der Waals surface area contributed by atoms with Crippen LogP contribution in [0.4, 0.5) is 0 Å². The van der Waals surface area contributed by atoms with Crippen molar-refractivity contribution >= 4 is 5.91 Å². The number of unbranched alkanes of at least 4 members (excludes halogenated alkanes) is 1. The SMILES string of the molecule is CC(C)CCCCNCc1ccc(C(N)=O)cc1. The molecule has 0 fully saturated rings. The van der Waals surface area contributed by atoms with Gasteiger partial charge in [0.25, 0.3) is 0 Å². The Balaban J connectivity index is 2.17. The summed E-state index contributed by atoms with van der Waals surface area (Å²) in [4.78, 5) is 10.9. The molecule has 1 rings (SSSR count). The van der Waals surface area contributed by atoms with E-state index in [1.54, 1.807) is 12.1 Å². The van der Waals surface area contributed by atoms with Gasteiger partial charge >= 0.3 is 0 Å². The monoisotopic (exact) mass is 248 g/mol. The molecule has 0 aliphatic carbocycles. The molecule has 0 spiro atoms. The standard InChI is InChI=1S/C15H24N2O/c1-12(2)5-3-4-10-17-11-13-6-8-14(9-7-13)15(16)18/h6-9,12,17H,3-5,10-11H2,1-2H3,(H2,16,18). The second-order valence-corrected chi connectivity index (χ2v) is 5.13. The van der Waals surface area contributed by atoms with Crippen molar-refractivity contribution in [3.05, 3.63) is 35.4 Å². The van der Waals surface area contributed by atoms with E-state index in [1.165, 1.54) is 24.8 Å². The van der Waals surface area contributed by atoms with E-state index in [1.807, 2.05) is 12.1 Å². The fourth-order valence-electron chi connectivity index (χ4n) is 1.82. The summed E-state index contributed by atoms with van der Waals surface area (Å²) in [5, 5.41) is 3.41. The van der Waals surface area contributed by atoms with Gasteiger partial charge in [-0.15, -0.1) is 0 Å². The molecule has 0 radical (unpaired) electrons. The molecule has 0 unspecified atom stereocenters. The van der Waals surface area contributed by atoms with E-state index < -0.39 is 0 Å². The van der Waals surface area contributed by atoms with Crippen LogP contribution in [0.5, 0.6) is 0 Å². The van der Waals surface area contributed by atoms with Crippen LogP contribution in [0.15, 0.2) is 24.3 Å². The van der Waals surface area contributed by atoms with Crippen molar-refractivity contribution in [3.63, 3.8) is 0 Å². The predicted molar refractivity (Wildman–Crippen MR) is 75.4 cm³/mol. The highest BCUT2D eigenvalue weighted by atomic mass is 16.1. The molecule has 0 saturated heterocycles. The maximum Gasteiger partial charge on any atom is 0.248 e. The second kappa shape index (κ2) is 7.88. The lowest BCUT2D eigenvalue weighted by atomic mass is 10.1. The number of hydrogen-bond acceptors (Lipinski definition) is 2. The summed E-state index contributed by atoms with van der Waals surface area (Å²) in [6.07, 6.45) is 3.80. The van der Waals surface area contributed by atoms with Gasteiger partial charge in [-0.25, -0.2) is 0 Å². The maximum absolute atomic E-state index is 10.9. The van der Waals surface area contributed by atoms with Crippen LogP contribution < -0.4 is 11.1 Å². The predicted octanol–water partition coefficient (Wildman–Crippen LogP) is 2.70. The van der Waals surface area contributed by atoms with E-state index >= 15 is 0 Å². The summed E-state index contributed by atoms with van der Waals surface area (Å²) in [5.74, 6) is 0.425. The molecular formula is C15H24N2O. The smallest absolute Gasteiger partial charge is 0.248 e. The topological polar surface area (TPSA) is 55.1 Å². The molecule has 1 aromatic rings. The van der Waals surface area contributed by atoms with Gasteiger partial charge in [-0.2, -0.15) is 0 Å². The number of nitrogens with two attached hydrogens (primary N) is 1. The number of nitrogens with one attached hydrogen (secondary N) is 1. The third-order valence-electron chi connectivity index (χ3n) is 2.95. The molecule has 0 heterocycles. The molecule has 1 aromatic carbocycles. The molecule has 0 saturated carbocycles. The van der Waals surface area contributed by atoms with E-state index in [0.717, 1.165) is 19.0 Å². The van der Waals surface area contributed by atoms with Gasteiger partial charge in [-0.05, 0) is 36.6 Å². The molecule has 3 nitrogen and oxygen atoms in total. The largest absolute Gasteiger partial charge is 0.366 e. The zero-order valence-corrected chi connectivity index (χ0v) is 11.4. The number of amides is 1. The number of hydrogen-bond donors (Lipinski definition) is 2. The minimum Gasteiger partial charge on any atom is -0.366 e. The Morgan fingerprint density at radius 3 is 2.44 bits per heavy atom. The van der Waals surface area contributed by atoms with Crippen molar-refractivity contribution in [2.75, 3.05) is 6.54 Å². The maximum atomic E-state index is 10.9. The average molecular weight is 248 g/mol. The Labute approximate surface area is 110 Å². The van der Waals surface area contributed by atoms with Gasteiger partial charge in [0.05, 0.1) is 0 Å². The normalized spacial score (nSPS) is 10.8. The van der Waals surface area contributed by atoms with Crippen LogP contribution in [0.1, 0.15) is 49.0 Å². The zero-order chi connectivity index (χ0) is 13.4. The first kappa shape index (κ1) is 14.7. The van der Waals surface area contributed by atoms with Gasteiger partial charge in [0.1, 0.15) is 0 Å². The van der Waals surface area contributed by atoms with E-state index in [0.29, 0.717) is 5.56 Å². The molecule has 18 heavy (non-hydrogen) atoms. The minimum atomic E-state index is -0.372. The second-order valence-electron chi connectivity index (χ2n) is 5.13. The van der Waals surface area contributed by atoms with Gasteiger partial charge in [-0.1, -0.05) is 38.8 Å². The Morgan fingerprint density at radius 1 is 1.22 bits per heavy atom. The van der Waals surface area contributed by atoms with Crippen LogP contribution in [0.3, 0.4) is 0 Å². The lowest BCUT2D eigenvalue weighted by Gasteiger charge is -2.06. The highest BCUT2D eigenvalue weighted by Crippen LogP contribution is 2.06. The van der Waals surface area contributed by atoms with Crippen molar-refractivity contribution < 1.29 is 4.79 Å². The Kier molecular flexibility index (Phi) is 6.44. The number of rotatable bonds is 8. The fraction of sp³-hybridized carbons (Fsp3) is 0.533. The van der Waals surface area contributed by atoms with Gasteiger partial charge in [0.15, 0.2) is 0 Å². The Bertz CT molecular complexity index is 357. The molecule has 0 aliphatic heterocycles. The quantitative estimate of drug-likeness (QED) is 0.695. The summed E-state index contributed by atoms with van der Waals surface area (Å²) in [6, 6.07) is 7.44. The van der Waals surface area contributed by atoms with Crippen molar-refractivity contribution in [2.24, 2.45) is 11.7 Å². The van der Waals surface area contributed by atoms with Crippen molar-refractivity contribution in [1.29, 1.82) is 0 Å². The van der Waals surface area contributed by atoms with Gasteiger partial charge in [0, 0.05) is 12.1 Å². The summed E-state index contributed by atoms with van der Waals surface area (Å²) in [6.45, 7) is 6.41. The van der Waals surface area contributed by atoms with Gasteiger partial charge < -0.3 is 11.1 Å². The first-order chi connectivity index (χ1) is 8.59. The minimum absolute atomic E-state index is 0.372. The van der Waals surface area contributed by atoms with Crippen molar-refractivity contribution in [1.82, 2.24) is 5.32 Å². The number of benzene rings is 1. The Morgan fingerprint density at radius 2 is 1.89 bits per heavy atom. The number of carbonyl (C=O) groups excluding carboxylic acids is 1. The van der Waals surface area contributed by atoms with E-state index in [4.69, 9.17) is 5.73 Å². The summed E-state index contributed by atoms with van der Waals surface area (Å²) in [7, 11) is 0. The Hall–Kier alpha value is -1.35. The third kappa shape index (κ3) is 5.82. The molecule has 1 amide bonds. The fourth-order valence-corrected chi connectivity index (χ4v) is 1.82. The van der Waals surface area contributed by atoms with Crippen LogP contribution in [0.25, 0.3) is 0 Å². The molecule has 3 N–H and O–H groups in total. The van der Waals surface area contributed by atoms with E-state index in [2.05, 4.69) is 19.2 Å². The van der Waals surface area contributed by atoms with Crippen LogP contribution in [0.2, 0.25) is 0 Å².